The first-order valence-corrected chi connectivity index (χ1v) is 20.9. The smallest absolute Gasteiger partial charge is 0.462 e. The lowest BCUT2D eigenvalue weighted by molar-refractivity contribution is -0.161. The molecule has 10 nitrogen and oxygen atoms in total. The van der Waals surface area contributed by atoms with E-state index in [1.807, 2.05) is 0 Å². The van der Waals surface area contributed by atoms with Gasteiger partial charge in [-0.2, -0.15) is 0 Å². The molecule has 0 radical (unpaired) electrons. The Morgan fingerprint density at radius 2 is 1.06 bits per heavy atom. The van der Waals surface area contributed by atoms with Gasteiger partial charge in [-0.3, -0.25) is 18.6 Å². The maximum Gasteiger partial charge on any atom is 0.472 e. The number of unbranched alkanes of at least 4 members (excludes halogenated alkanes) is 16. The van der Waals surface area contributed by atoms with Crippen molar-refractivity contribution in [1.82, 2.24) is 0 Å². The van der Waals surface area contributed by atoms with Crippen LogP contribution in [-0.2, 0) is 32.7 Å². The fourth-order valence-corrected chi connectivity index (χ4v) is 5.73. The number of allylic oxidation sites excluding steroid dienone is 6. The van der Waals surface area contributed by atoms with Gasteiger partial charge in [-0.1, -0.05) is 121 Å². The number of esters is 2. The minimum atomic E-state index is -4.62. The number of hydrogen-bond acceptors (Lipinski definition) is 9. The van der Waals surface area contributed by atoms with E-state index in [1.54, 1.807) is 0 Å². The van der Waals surface area contributed by atoms with Crippen LogP contribution in [0.5, 0.6) is 0 Å². The van der Waals surface area contributed by atoms with Crippen LogP contribution in [0.25, 0.3) is 0 Å². The van der Waals surface area contributed by atoms with Crippen molar-refractivity contribution in [2.45, 2.75) is 174 Å². The van der Waals surface area contributed by atoms with Crippen LogP contribution in [0.1, 0.15) is 162 Å². The van der Waals surface area contributed by atoms with Gasteiger partial charge in [-0.05, 0) is 64.2 Å². The second kappa shape index (κ2) is 35.6. The molecule has 0 aromatic carbocycles. The summed E-state index contributed by atoms with van der Waals surface area (Å²) in [5.41, 5.74) is 0. The highest BCUT2D eigenvalue weighted by Crippen LogP contribution is 2.43. The average molecular weight is 731 g/mol. The molecule has 0 fully saturated rings. The Bertz CT molecular complexity index is 936. The van der Waals surface area contributed by atoms with Crippen LogP contribution in [0.3, 0.4) is 0 Å². The number of phosphoric ester groups is 1. The van der Waals surface area contributed by atoms with E-state index in [0.717, 1.165) is 77.0 Å². The molecule has 0 aromatic heterocycles. The second-order valence-electron chi connectivity index (χ2n) is 12.9. The van der Waals surface area contributed by atoms with Crippen LogP contribution < -0.4 is 0 Å². The second-order valence-corrected chi connectivity index (χ2v) is 14.4. The summed E-state index contributed by atoms with van der Waals surface area (Å²) in [6.45, 7) is 2.28. The fourth-order valence-electron chi connectivity index (χ4n) is 4.94. The van der Waals surface area contributed by atoms with Crippen LogP contribution >= 0.6 is 7.82 Å². The highest BCUT2D eigenvalue weighted by Gasteiger charge is 2.27. The van der Waals surface area contributed by atoms with Gasteiger partial charge in [0, 0.05) is 12.8 Å². The summed E-state index contributed by atoms with van der Waals surface area (Å²) in [5, 5.41) is 18.3. The Kier molecular flexibility index (Phi) is 34.3. The lowest BCUT2D eigenvalue weighted by Crippen LogP contribution is -2.29. The SMILES string of the molecule is CCCC/C=C\CCCCCCCC(=O)OCC(COP(=O)(O)OCC(O)CO)OC(=O)CCCCCCC/C=C\C/C=C\CCCCCC. The van der Waals surface area contributed by atoms with Crippen molar-refractivity contribution in [2.24, 2.45) is 0 Å². The third-order valence-electron chi connectivity index (χ3n) is 8.02. The van der Waals surface area contributed by atoms with Gasteiger partial charge in [0.15, 0.2) is 6.10 Å². The number of aliphatic hydroxyl groups is 2. The first-order valence-electron chi connectivity index (χ1n) is 19.4. The molecule has 0 rings (SSSR count). The van der Waals surface area contributed by atoms with Crippen LogP contribution in [0.2, 0.25) is 0 Å². The molecule has 0 heterocycles. The van der Waals surface area contributed by atoms with Gasteiger partial charge in [0.05, 0.1) is 19.8 Å². The summed E-state index contributed by atoms with van der Waals surface area (Å²) < 4.78 is 32.6. The topological polar surface area (TPSA) is 149 Å². The van der Waals surface area contributed by atoms with E-state index in [0.29, 0.717) is 12.8 Å². The van der Waals surface area contributed by atoms with E-state index in [-0.39, 0.29) is 19.4 Å². The van der Waals surface area contributed by atoms with Gasteiger partial charge < -0.3 is 24.6 Å². The van der Waals surface area contributed by atoms with Gasteiger partial charge in [0.2, 0.25) is 0 Å². The lowest BCUT2D eigenvalue weighted by atomic mass is 10.1. The van der Waals surface area contributed by atoms with Crippen molar-refractivity contribution >= 4 is 19.8 Å². The minimum absolute atomic E-state index is 0.166. The standard InChI is InChI=1S/C39H71O10P/c1-3-5-7-9-11-13-15-16-17-18-19-21-23-25-27-29-31-39(43)49-37(35-48-50(44,45)47-33-36(41)32-40)34-46-38(42)30-28-26-24-22-20-14-12-10-8-6-4-2/h10,12-13,15,17-18,36-37,40-41H,3-9,11,14,16,19-35H2,1-2H3,(H,44,45)/b12-10-,15-13-,18-17-. The summed E-state index contributed by atoms with van der Waals surface area (Å²) in [6, 6.07) is 0. The number of rotatable bonds is 36. The number of carbonyl (C=O) groups is 2. The Labute approximate surface area is 303 Å². The molecule has 0 amide bonds. The number of hydrogen-bond donors (Lipinski definition) is 3. The molecule has 0 spiro atoms. The monoisotopic (exact) mass is 730 g/mol. The number of phosphoric acid groups is 1. The summed E-state index contributed by atoms with van der Waals surface area (Å²) in [5.74, 6) is -0.955. The zero-order chi connectivity index (χ0) is 37.0. The highest BCUT2D eigenvalue weighted by atomic mass is 31.2. The van der Waals surface area contributed by atoms with Crippen molar-refractivity contribution < 1.29 is 47.8 Å². The Balaban J connectivity index is 4.39. The van der Waals surface area contributed by atoms with Crippen LogP contribution in [0, 0.1) is 0 Å². The van der Waals surface area contributed by atoms with E-state index >= 15 is 0 Å². The first kappa shape index (κ1) is 48.2. The van der Waals surface area contributed by atoms with Crippen molar-refractivity contribution in [2.75, 3.05) is 26.4 Å². The number of carbonyl (C=O) groups excluding carboxylic acids is 2. The predicted molar refractivity (Wildman–Crippen MR) is 201 cm³/mol. The highest BCUT2D eigenvalue weighted by molar-refractivity contribution is 7.47. The van der Waals surface area contributed by atoms with E-state index in [1.165, 1.54) is 44.9 Å². The van der Waals surface area contributed by atoms with E-state index in [9.17, 15) is 24.2 Å². The normalized spacial score (nSPS) is 14.4. The van der Waals surface area contributed by atoms with E-state index in [4.69, 9.17) is 19.1 Å². The van der Waals surface area contributed by atoms with Gasteiger partial charge in [-0.15, -0.1) is 0 Å². The molecule has 0 aliphatic rings. The third kappa shape index (κ3) is 34.6. The molecule has 0 bridgehead atoms. The zero-order valence-electron chi connectivity index (χ0n) is 31.4. The van der Waals surface area contributed by atoms with Gasteiger partial charge in [0.25, 0.3) is 0 Å². The number of ether oxygens (including phenoxy) is 2. The summed E-state index contributed by atoms with van der Waals surface area (Å²) in [4.78, 5) is 34.8. The Morgan fingerprint density at radius 3 is 1.62 bits per heavy atom. The van der Waals surface area contributed by atoms with Gasteiger partial charge in [-0.25, -0.2) is 4.57 Å². The maximum absolute atomic E-state index is 12.5. The summed E-state index contributed by atoms with van der Waals surface area (Å²) >= 11 is 0. The predicted octanol–water partition coefficient (Wildman–Crippen LogP) is 9.61. The molecule has 50 heavy (non-hydrogen) atoms. The molecule has 292 valence electrons. The van der Waals surface area contributed by atoms with Crippen LogP contribution in [0.15, 0.2) is 36.5 Å². The molecule has 0 saturated carbocycles. The molecule has 3 atom stereocenters. The summed E-state index contributed by atoms with van der Waals surface area (Å²) in [6.07, 6.45) is 34.0. The summed E-state index contributed by atoms with van der Waals surface area (Å²) in [7, 11) is -4.62. The van der Waals surface area contributed by atoms with Crippen molar-refractivity contribution in [3.05, 3.63) is 36.5 Å². The van der Waals surface area contributed by atoms with Crippen LogP contribution in [0.4, 0.5) is 0 Å². The molecule has 0 aromatic rings. The fraction of sp³-hybridized carbons (Fsp3) is 0.795. The van der Waals surface area contributed by atoms with Gasteiger partial charge in [0.1, 0.15) is 12.7 Å². The van der Waals surface area contributed by atoms with Crippen LogP contribution in [-0.4, -0.2) is 65.7 Å². The van der Waals surface area contributed by atoms with Crippen molar-refractivity contribution in [1.29, 1.82) is 0 Å². The lowest BCUT2D eigenvalue weighted by Gasteiger charge is -2.20. The molecule has 0 aliphatic carbocycles. The molecule has 0 saturated heterocycles. The first-order chi connectivity index (χ1) is 24.2. The Morgan fingerprint density at radius 1 is 0.600 bits per heavy atom. The molecule has 3 N–H and O–H groups in total. The Hall–Kier alpha value is -1.81. The third-order valence-corrected chi connectivity index (χ3v) is 8.97. The van der Waals surface area contributed by atoms with E-state index in [2.05, 4.69) is 54.8 Å². The average Bonchev–Trinajstić information content (AvgIpc) is 3.10. The minimum Gasteiger partial charge on any atom is -0.462 e. The van der Waals surface area contributed by atoms with Crippen molar-refractivity contribution in [3.63, 3.8) is 0 Å². The molecule has 11 heteroatoms. The molecular weight excluding hydrogens is 659 g/mol. The zero-order valence-corrected chi connectivity index (χ0v) is 32.3. The number of aliphatic hydroxyl groups excluding tert-OH is 2. The largest absolute Gasteiger partial charge is 0.472 e. The van der Waals surface area contributed by atoms with Crippen molar-refractivity contribution in [3.8, 4) is 0 Å². The molecule has 0 aliphatic heterocycles. The maximum atomic E-state index is 12.5. The van der Waals surface area contributed by atoms with E-state index < -0.39 is 51.8 Å². The quantitative estimate of drug-likeness (QED) is 0.0246. The molecule has 3 unspecified atom stereocenters. The molecular formula is C39H71O10P. The van der Waals surface area contributed by atoms with Gasteiger partial charge >= 0.3 is 19.8 Å².